The number of thioether (sulfide) groups is 1. The number of nitrogens with zero attached hydrogens (tertiary/aromatic N) is 1. The molecule has 1 aromatic rings. The van der Waals surface area contributed by atoms with E-state index < -0.39 is 21.2 Å². The highest BCUT2D eigenvalue weighted by atomic mass is 32.2. The van der Waals surface area contributed by atoms with Gasteiger partial charge in [0.1, 0.15) is 0 Å². The Hall–Kier alpha value is -1.87. The summed E-state index contributed by atoms with van der Waals surface area (Å²) in [6.45, 7) is 4.96. The van der Waals surface area contributed by atoms with Crippen molar-refractivity contribution in [3.63, 3.8) is 0 Å². The van der Waals surface area contributed by atoms with Crippen LogP contribution in [-0.4, -0.2) is 67.9 Å². The fourth-order valence-corrected chi connectivity index (χ4v) is 5.45. The van der Waals surface area contributed by atoms with Gasteiger partial charge in [0.25, 0.3) is 0 Å². The number of Topliss-reactive ketones (excluding diaryl/α,β-unsaturated/α-hetero) is 1. The average Bonchev–Trinajstić information content (AvgIpc) is 3.02. The smallest absolute Gasteiger partial charge is 0.339 e. The molecule has 29 heavy (non-hydrogen) atoms. The number of rotatable bonds is 7. The number of hydrogen-bond acceptors (Lipinski definition) is 7. The number of ketones is 1. The number of amides is 1. The second kappa shape index (κ2) is 9.30. The number of sulfone groups is 1. The van der Waals surface area contributed by atoms with E-state index in [1.807, 2.05) is 0 Å². The van der Waals surface area contributed by atoms with Crippen molar-refractivity contribution in [3.8, 4) is 0 Å². The highest BCUT2D eigenvalue weighted by Gasteiger charge is 2.32. The predicted molar refractivity (Wildman–Crippen MR) is 112 cm³/mol. The van der Waals surface area contributed by atoms with Crippen LogP contribution in [0.3, 0.4) is 0 Å². The summed E-state index contributed by atoms with van der Waals surface area (Å²) in [5, 5.41) is 0. The van der Waals surface area contributed by atoms with Crippen LogP contribution in [-0.2, 0) is 24.2 Å². The molecule has 7 nitrogen and oxygen atoms in total. The number of carbonyl (C=O) groups is 3. The molecule has 0 radical (unpaired) electrons. The Morgan fingerprint density at radius 2 is 1.86 bits per heavy atom. The summed E-state index contributed by atoms with van der Waals surface area (Å²) in [5.74, 6) is -0.844. The lowest BCUT2D eigenvalue weighted by Gasteiger charge is -2.23. The largest absolute Gasteiger partial charge is 0.454 e. The van der Waals surface area contributed by atoms with E-state index in [0.717, 1.165) is 0 Å². The molecule has 0 spiro atoms. The maximum absolute atomic E-state index is 12.5. The van der Waals surface area contributed by atoms with Gasteiger partial charge in [-0.25, -0.2) is 13.2 Å². The first-order valence-electron chi connectivity index (χ1n) is 9.29. The van der Waals surface area contributed by atoms with Crippen molar-refractivity contribution in [1.29, 1.82) is 0 Å². The zero-order chi connectivity index (χ0) is 21.8. The standard InChI is InChI=1S/C20H27NO6S2/c1-20(2,3)17(22)11-27-19(24)15-7-5-6-8-16(15)28-12-18(23)21(4)14-9-10-29(25,26)13-14/h5-8,14H,9-13H2,1-4H3/t14-/m0/s1. The van der Waals surface area contributed by atoms with E-state index in [2.05, 4.69) is 0 Å². The molecule has 0 unspecified atom stereocenters. The van der Waals surface area contributed by atoms with Crippen LogP contribution < -0.4 is 0 Å². The van der Waals surface area contributed by atoms with Crippen molar-refractivity contribution < 1.29 is 27.5 Å². The number of benzene rings is 1. The molecule has 1 aliphatic rings. The topological polar surface area (TPSA) is 97.8 Å². The quantitative estimate of drug-likeness (QED) is 0.472. The highest BCUT2D eigenvalue weighted by Crippen LogP contribution is 2.25. The third kappa shape index (κ3) is 6.57. The van der Waals surface area contributed by atoms with E-state index in [1.165, 1.54) is 16.7 Å². The zero-order valence-corrected chi connectivity index (χ0v) is 18.8. The first-order valence-corrected chi connectivity index (χ1v) is 12.1. The van der Waals surface area contributed by atoms with Gasteiger partial charge in [-0.3, -0.25) is 9.59 Å². The Labute approximate surface area is 176 Å². The molecule has 0 saturated carbocycles. The first-order chi connectivity index (χ1) is 13.4. The zero-order valence-electron chi connectivity index (χ0n) is 17.1. The highest BCUT2D eigenvalue weighted by molar-refractivity contribution is 8.00. The van der Waals surface area contributed by atoms with E-state index in [4.69, 9.17) is 4.74 Å². The summed E-state index contributed by atoms with van der Waals surface area (Å²) in [4.78, 5) is 38.9. The Balaban J connectivity index is 1.97. The van der Waals surface area contributed by atoms with Crippen molar-refractivity contribution in [2.45, 2.75) is 38.1 Å². The van der Waals surface area contributed by atoms with Crippen molar-refractivity contribution >= 4 is 39.3 Å². The minimum absolute atomic E-state index is 0.00930. The Morgan fingerprint density at radius 1 is 1.21 bits per heavy atom. The van der Waals surface area contributed by atoms with Crippen molar-refractivity contribution in [2.24, 2.45) is 5.41 Å². The van der Waals surface area contributed by atoms with Gasteiger partial charge in [-0.05, 0) is 18.6 Å². The van der Waals surface area contributed by atoms with Gasteiger partial charge in [-0.15, -0.1) is 11.8 Å². The summed E-state index contributed by atoms with van der Waals surface area (Å²) >= 11 is 1.18. The number of ether oxygens (including phenoxy) is 1. The van der Waals surface area contributed by atoms with Gasteiger partial charge in [0.2, 0.25) is 5.91 Å². The van der Waals surface area contributed by atoms with Gasteiger partial charge in [0.15, 0.2) is 22.2 Å². The summed E-state index contributed by atoms with van der Waals surface area (Å²) in [7, 11) is -1.47. The molecule has 9 heteroatoms. The fourth-order valence-electron chi connectivity index (χ4n) is 2.71. The SMILES string of the molecule is CN(C(=O)CSc1ccccc1C(=O)OCC(=O)C(C)(C)C)[C@H]1CCS(=O)(=O)C1. The van der Waals surface area contributed by atoms with Crippen LogP contribution in [0.25, 0.3) is 0 Å². The first kappa shape index (κ1) is 23.4. The number of carbonyl (C=O) groups excluding carboxylic acids is 3. The van der Waals surface area contributed by atoms with E-state index >= 15 is 0 Å². The second-order valence-corrected chi connectivity index (χ2v) is 11.3. The van der Waals surface area contributed by atoms with E-state index in [1.54, 1.807) is 52.1 Å². The molecule has 0 N–H and O–H groups in total. The van der Waals surface area contributed by atoms with Gasteiger partial charge in [0.05, 0.1) is 22.8 Å². The molecular weight excluding hydrogens is 414 g/mol. The van der Waals surface area contributed by atoms with Gasteiger partial charge in [0, 0.05) is 23.4 Å². The van der Waals surface area contributed by atoms with Crippen molar-refractivity contribution in [2.75, 3.05) is 30.9 Å². The second-order valence-electron chi connectivity index (χ2n) is 8.10. The molecule has 0 bridgehead atoms. The lowest BCUT2D eigenvalue weighted by molar-refractivity contribution is -0.129. The molecule has 1 atom stereocenters. The molecule has 0 aliphatic carbocycles. The molecule has 2 rings (SSSR count). The Morgan fingerprint density at radius 3 is 2.45 bits per heavy atom. The fraction of sp³-hybridized carbons (Fsp3) is 0.550. The molecule has 1 heterocycles. The molecule has 0 aromatic heterocycles. The van der Waals surface area contributed by atoms with Gasteiger partial charge < -0.3 is 9.64 Å². The maximum Gasteiger partial charge on any atom is 0.339 e. The third-order valence-electron chi connectivity index (χ3n) is 4.78. The normalized spacial score (nSPS) is 18.3. The van der Waals surface area contributed by atoms with Crippen LogP contribution in [0.15, 0.2) is 29.2 Å². The Bertz CT molecular complexity index is 888. The van der Waals surface area contributed by atoms with Crippen LogP contribution >= 0.6 is 11.8 Å². The monoisotopic (exact) mass is 441 g/mol. The summed E-state index contributed by atoms with van der Waals surface area (Å²) < 4.78 is 28.4. The van der Waals surface area contributed by atoms with Crippen LogP contribution in [0.1, 0.15) is 37.6 Å². The lowest BCUT2D eigenvalue weighted by Crippen LogP contribution is -2.38. The molecular formula is C20H27NO6S2. The molecule has 1 aliphatic heterocycles. The van der Waals surface area contributed by atoms with Crippen LogP contribution in [0.4, 0.5) is 0 Å². The van der Waals surface area contributed by atoms with Gasteiger partial charge in [-0.2, -0.15) is 0 Å². The minimum Gasteiger partial charge on any atom is -0.454 e. The summed E-state index contributed by atoms with van der Waals surface area (Å²) in [6, 6.07) is 6.42. The molecule has 1 saturated heterocycles. The minimum atomic E-state index is -3.07. The van der Waals surface area contributed by atoms with E-state index in [0.29, 0.717) is 11.3 Å². The molecule has 1 fully saturated rings. The Kier molecular flexibility index (Phi) is 7.50. The average molecular weight is 442 g/mol. The van der Waals surface area contributed by atoms with Gasteiger partial charge >= 0.3 is 5.97 Å². The third-order valence-corrected chi connectivity index (χ3v) is 7.59. The van der Waals surface area contributed by atoms with E-state index in [-0.39, 0.29) is 47.2 Å². The lowest BCUT2D eigenvalue weighted by atomic mass is 9.91. The van der Waals surface area contributed by atoms with Gasteiger partial charge in [-0.1, -0.05) is 32.9 Å². The summed E-state index contributed by atoms with van der Waals surface area (Å²) in [5.41, 5.74) is -0.308. The molecule has 1 aromatic carbocycles. The van der Waals surface area contributed by atoms with Crippen molar-refractivity contribution in [1.82, 2.24) is 4.90 Å². The maximum atomic E-state index is 12.5. The number of hydrogen-bond donors (Lipinski definition) is 0. The van der Waals surface area contributed by atoms with Crippen LogP contribution in [0, 0.1) is 5.41 Å². The summed E-state index contributed by atoms with van der Waals surface area (Å²) in [6.07, 6.45) is 0.444. The molecule has 160 valence electrons. The van der Waals surface area contributed by atoms with Crippen LogP contribution in [0.2, 0.25) is 0 Å². The predicted octanol–water partition coefficient (Wildman–Crippen LogP) is 2.20. The van der Waals surface area contributed by atoms with E-state index in [9.17, 15) is 22.8 Å². The molecule has 1 amide bonds. The van der Waals surface area contributed by atoms with Crippen molar-refractivity contribution in [3.05, 3.63) is 29.8 Å². The van der Waals surface area contributed by atoms with Crippen LogP contribution in [0.5, 0.6) is 0 Å². The number of esters is 1.